The molecule has 2 aromatic heterocycles. The number of aliphatic hydroxyl groups excluding tert-OH is 1. The van der Waals surface area contributed by atoms with E-state index < -0.39 is 0 Å². The number of likely N-dealkylation sites (tertiary alicyclic amines) is 1. The highest BCUT2D eigenvalue weighted by molar-refractivity contribution is 6.10. The Hall–Kier alpha value is -3.75. The van der Waals surface area contributed by atoms with Crippen LogP contribution in [-0.2, 0) is 22.6 Å². The molecule has 2 aliphatic heterocycles. The van der Waals surface area contributed by atoms with Crippen molar-refractivity contribution in [3.63, 3.8) is 0 Å². The predicted molar refractivity (Wildman–Crippen MR) is 126 cm³/mol. The maximum absolute atomic E-state index is 12.9. The first-order chi connectivity index (χ1) is 16.2. The lowest BCUT2D eigenvalue weighted by atomic mass is 10.0. The van der Waals surface area contributed by atoms with Gasteiger partial charge in [0.1, 0.15) is 12.6 Å². The minimum Gasteiger partial charge on any atom is -0.512 e. The van der Waals surface area contributed by atoms with Crippen LogP contribution in [0.25, 0.3) is 0 Å². The molecule has 2 aliphatic rings. The number of carbonyl (C=O) groups excluding carboxylic acids is 2. The molecule has 4 heterocycles. The second-order valence-electron chi connectivity index (χ2n) is 8.78. The summed E-state index contributed by atoms with van der Waals surface area (Å²) in [4.78, 5) is 36.6. The number of carbonyl (C=O) groups is 2. The SMILES string of the molecule is C/C(O)=C(\COc1cc2c(cn1)CN(C(=O)C1CCC(=O)N1C)CC2)C(=N)c1ccc(C)nc1. The van der Waals surface area contributed by atoms with E-state index in [-0.39, 0.29) is 35.9 Å². The molecular formula is C25H29N5O4. The average molecular weight is 464 g/mol. The summed E-state index contributed by atoms with van der Waals surface area (Å²) in [6, 6.07) is 5.08. The van der Waals surface area contributed by atoms with E-state index in [0.29, 0.717) is 49.4 Å². The van der Waals surface area contributed by atoms with Crippen molar-refractivity contribution >= 4 is 17.5 Å². The maximum Gasteiger partial charge on any atom is 0.245 e. The smallest absolute Gasteiger partial charge is 0.245 e. The summed E-state index contributed by atoms with van der Waals surface area (Å²) >= 11 is 0. The number of aryl methyl sites for hydroxylation is 1. The highest BCUT2D eigenvalue weighted by Gasteiger charge is 2.36. The van der Waals surface area contributed by atoms with Gasteiger partial charge in [-0.05, 0) is 49.9 Å². The van der Waals surface area contributed by atoms with Gasteiger partial charge in [0.2, 0.25) is 17.7 Å². The third-order valence-corrected chi connectivity index (χ3v) is 6.46. The van der Waals surface area contributed by atoms with Crippen LogP contribution >= 0.6 is 0 Å². The number of fused-ring (bicyclic) bond motifs is 1. The summed E-state index contributed by atoms with van der Waals surface area (Å²) in [6.07, 6.45) is 4.95. The van der Waals surface area contributed by atoms with Gasteiger partial charge in [0, 0.05) is 56.3 Å². The summed E-state index contributed by atoms with van der Waals surface area (Å²) in [5, 5.41) is 18.6. The highest BCUT2D eigenvalue weighted by Crippen LogP contribution is 2.25. The number of allylic oxidation sites excluding steroid dienone is 1. The van der Waals surface area contributed by atoms with Gasteiger partial charge >= 0.3 is 0 Å². The lowest BCUT2D eigenvalue weighted by Gasteiger charge is -2.32. The lowest BCUT2D eigenvalue weighted by molar-refractivity contribution is -0.140. The molecule has 0 saturated carbocycles. The Bertz CT molecular complexity index is 1150. The molecule has 9 heteroatoms. The van der Waals surface area contributed by atoms with Crippen molar-refractivity contribution in [1.29, 1.82) is 5.41 Å². The lowest BCUT2D eigenvalue weighted by Crippen LogP contribution is -2.47. The number of nitrogens with zero attached hydrogens (tertiary/aromatic N) is 4. The Kier molecular flexibility index (Phi) is 6.63. The van der Waals surface area contributed by atoms with Crippen LogP contribution in [0.2, 0.25) is 0 Å². The van der Waals surface area contributed by atoms with Crippen molar-refractivity contribution < 1.29 is 19.4 Å². The molecule has 1 fully saturated rings. The summed E-state index contributed by atoms with van der Waals surface area (Å²) in [5.74, 6) is 0.399. The van der Waals surface area contributed by atoms with Crippen LogP contribution in [0.15, 0.2) is 41.9 Å². The minimum atomic E-state index is -0.379. The number of aromatic nitrogens is 2. The van der Waals surface area contributed by atoms with Crippen molar-refractivity contribution in [2.24, 2.45) is 0 Å². The van der Waals surface area contributed by atoms with Crippen molar-refractivity contribution in [2.45, 2.75) is 45.7 Å². The summed E-state index contributed by atoms with van der Waals surface area (Å²) in [5.41, 5.74) is 3.95. The second-order valence-corrected chi connectivity index (χ2v) is 8.78. The first kappa shape index (κ1) is 23.4. The highest BCUT2D eigenvalue weighted by atomic mass is 16.5. The zero-order valence-corrected chi connectivity index (χ0v) is 19.7. The van der Waals surface area contributed by atoms with Gasteiger partial charge in [-0.25, -0.2) is 4.98 Å². The van der Waals surface area contributed by atoms with E-state index in [1.807, 2.05) is 19.1 Å². The number of aliphatic hydroxyl groups is 1. The maximum atomic E-state index is 12.9. The van der Waals surface area contributed by atoms with Gasteiger partial charge in [0.05, 0.1) is 17.0 Å². The van der Waals surface area contributed by atoms with Crippen LogP contribution in [0.5, 0.6) is 5.88 Å². The van der Waals surface area contributed by atoms with Crippen LogP contribution in [0, 0.1) is 12.3 Å². The van der Waals surface area contributed by atoms with Crippen LogP contribution in [0.1, 0.15) is 42.1 Å². The Balaban J connectivity index is 1.41. The van der Waals surface area contributed by atoms with E-state index >= 15 is 0 Å². The van der Waals surface area contributed by atoms with E-state index in [1.54, 1.807) is 35.3 Å². The number of amides is 2. The van der Waals surface area contributed by atoms with Gasteiger partial charge in [0.25, 0.3) is 0 Å². The minimum absolute atomic E-state index is 0.00646. The fraction of sp³-hybridized carbons (Fsp3) is 0.400. The molecule has 0 spiro atoms. The zero-order chi connectivity index (χ0) is 24.4. The predicted octanol–water partition coefficient (Wildman–Crippen LogP) is 2.57. The number of pyridine rings is 2. The molecule has 178 valence electrons. The van der Waals surface area contributed by atoms with E-state index in [0.717, 1.165) is 16.8 Å². The number of rotatable bonds is 6. The molecule has 1 saturated heterocycles. The molecule has 2 aromatic rings. The molecule has 0 aromatic carbocycles. The molecule has 9 nitrogen and oxygen atoms in total. The normalized spacial score (nSPS) is 18.4. The fourth-order valence-electron chi connectivity index (χ4n) is 4.28. The van der Waals surface area contributed by atoms with Gasteiger partial charge in [-0.2, -0.15) is 0 Å². The molecule has 0 aliphatic carbocycles. The second kappa shape index (κ2) is 9.62. The molecule has 1 unspecified atom stereocenters. The molecular weight excluding hydrogens is 434 g/mol. The van der Waals surface area contributed by atoms with Crippen molar-refractivity contribution in [2.75, 3.05) is 20.2 Å². The summed E-state index contributed by atoms with van der Waals surface area (Å²) in [6.45, 7) is 4.41. The Morgan fingerprint density at radius 2 is 2.03 bits per heavy atom. The van der Waals surface area contributed by atoms with Crippen molar-refractivity contribution in [3.05, 3.63) is 64.3 Å². The van der Waals surface area contributed by atoms with Crippen LogP contribution in [0.4, 0.5) is 0 Å². The van der Waals surface area contributed by atoms with E-state index in [1.165, 1.54) is 6.92 Å². The molecule has 34 heavy (non-hydrogen) atoms. The summed E-state index contributed by atoms with van der Waals surface area (Å²) in [7, 11) is 1.69. The first-order valence-electron chi connectivity index (χ1n) is 11.3. The standard InChI is InChI=1S/C25H29N5O4/c1-15-4-5-18(11-27-15)24(26)20(16(2)31)14-34-22-10-17-8-9-30(13-19(17)12-28-22)25(33)21-6-7-23(32)29(21)3/h4-5,10-12,21,26,31H,6-9,13-14H2,1-3H3/b20-16-,26-24?. The fourth-order valence-corrected chi connectivity index (χ4v) is 4.28. The van der Waals surface area contributed by atoms with Gasteiger partial charge < -0.3 is 19.6 Å². The molecule has 2 amide bonds. The van der Waals surface area contributed by atoms with Gasteiger partial charge in [-0.1, -0.05) is 0 Å². The monoisotopic (exact) mass is 463 g/mol. The first-order valence-corrected chi connectivity index (χ1v) is 11.3. The van der Waals surface area contributed by atoms with Crippen LogP contribution in [-0.4, -0.2) is 68.6 Å². The molecule has 2 N–H and O–H groups in total. The Labute approximate surface area is 198 Å². The molecule has 1 atom stereocenters. The van der Waals surface area contributed by atoms with Crippen molar-refractivity contribution in [1.82, 2.24) is 19.8 Å². The third-order valence-electron chi connectivity index (χ3n) is 6.46. The quantitative estimate of drug-likeness (QED) is 0.502. The van der Waals surface area contributed by atoms with Gasteiger partial charge in [0.15, 0.2) is 0 Å². The number of likely N-dealkylation sites (N-methyl/N-ethyl adjacent to an activating group) is 1. The summed E-state index contributed by atoms with van der Waals surface area (Å²) < 4.78 is 5.83. The number of hydrogen-bond acceptors (Lipinski definition) is 7. The van der Waals surface area contributed by atoms with Crippen molar-refractivity contribution in [3.8, 4) is 5.88 Å². The van der Waals surface area contributed by atoms with Gasteiger partial charge in [-0.3, -0.25) is 20.0 Å². The zero-order valence-electron chi connectivity index (χ0n) is 19.7. The van der Waals surface area contributed by atoms with Crippen LogP contribution < -0.4 is 4.74 Å². The van der Waals surface area contributed by atoms with E-state index in [9.17, 15) is 14.7 Å². The van der Waals surface area contributed by atoms with E-state index in [4.69, 9.17) is 10.1 Å². The largest absolute Gasteiger partial charge is 0.512 e. The molecule has 4 rings (SSSR count). The topological polar surface area (TPSA) is 120 Å². The number of nitrogens with one attached hydrogen (secondary N) is 1. The molecule has 0 bridgehead atoms. The van der Waals surface area contributed by atoms with Gasteiger partial charge in [-0.15, -0.1) is 0 Å². The molecule has 0 radical (unpaired) electrons. The average Bonchev–Trinajstić information content (AvgIpc) is 3.16. The third kappa shape index (κ3) is 4.78. The van der Waals surface area contributed by atoms with E-state index in [2.05, 4.69) is 9.97 Å². The Morgan fingerprint density at radius 1 is 1.24 bits per heavy atom. The number of ether oxygens (including phenoxy) is 1. The number of hydrogen-bond donors (Lipinski definition) is 2. The Morgan fingerprint density at radius 3 is 2.68 bits per heavy atom. The van der Waals surface area contributed by atoms with Crippen LogP contribution in [0.3, 0.4) is 0 Å².